The zero-order chi connectivity index (χ0) is 30.4. The van der Waals surface area contributed by atoms with Gasteiger partial charge in [-0.25, -0.2) is 0 Å². The zero-order valence-corrected chi connectivity index (χ0v) is 23.6. The van der Waals surface area contributed by atoms with Crippen LogP contribution in [-0.2, 0) is 11.8 Å². The van der Waals surface area contributed by atoms with Gasteiger partial charge in [-0.3, -0.25) is 0 Å². The normalized spacial score (nSPS) is 15.6. The van der Waals surface area contributed by atoms with E-state index in [1.165, 1.54) is 38.2 Å². The van der Waals surface area contributed by atoms with Gasteiger partial charge in [-0.1, -0.05) is 0 Å². The van der Waals surface area contributed by atoms with E-state index in [0.717, 1.165) is 12.8 Å². The molecule has 0 N–H and O–H groups in total. The number of halogens is 12. The summed E-state index contributed by atoms with van der Waals surface area (Å²) in [5, 5.41) is 0.135. The first kappa shape index (κ1) is 32.2. The van der Waals surface area contributed by atoms with Crippen molar-refractivity contribution in [1.82, 2.24) is 4.90 Å². The van der Waals surface area contributed by atoms with Gasteiger partial charge in [-0.15, -0.1) is 0 Å². The van der Waals surface area contributed by atoms with Crippen molar-refractivity contribution in [3.05, 3.63) is 84.0 Å². The molecule has 1 aliphatic carbocycles. The standard InChI is InChI=1S/C26H21ClF10INO/c1-4-14(15-5-9-20(27)18(11-15)22(40)39(3)17-7-8-17)13-38(2)21-10-6-16(12-19(21)24(29,30)31)23(28,25(32,33)34)26(35,36)37/h4-6,9-13,17H,1,7-8H2,2-3H3/b14-13+. The van der Waals surface area contributed by atoms with Crippen LogP contribution in [0.15, 0.2) is 53.1 Å². The average molecular weight is 716 g/mol. The van der Waals surface area contributed by atoms with Gasteiger partial charge in [0.1, 0.15) is 0 Å². The van der Waals surface area contributed by atoms with Crippen LogP contribution in [0.4, 0.5) is 43.9 Å². The van der Waals surface area contributed by atoms with Gasteiger partial charge in [0.25, 0.3) is 0 Å². The fourth-order valence-corrected chi connectivity index (χ4v) is 8.13. The number of hydrogen-bond donors (Lipinski definition) is 0. The summed E-state index contributed by atoms with van der Waals surface area (Å²) < 4.78 is 136. The number of allylic oxidation sites excluding steroid dienone is 2. The molecule has 2 aromatic rings. The molecule has 0 atom stereocenters. The number of carbonyl (C=O) groups is 1. The second kappa shape index (κ2) is 11.2. The second-order valence-corrected chi connectivity index (χ2v) is 14.1. The molecule has 1 aliphatic rings. The van der Waals surface area contributed by atoms with Crippen LogP contribution in [0.3, 0.4) is 0 Å². The fraction of sp³-hybridized carbons (Fsp3) is 0.346. The summed E-state index contributed by atoms with van der Waals surface area (Å²) in [6.45, 7) is 3.63. The molecule has 0 heterocycles. The van der Waals surface area contributed by atoms with E-state index in [0.29, 0.717) is 11.6 Å². The van der Waals surface area contributed by atoms with Gasteiger partial charge >= 0.3 is 236 Å². The zero-order valence-electron chi connectivity index (χ0n) is 20.7. The Morgan fingerprint density at radius 1 is 0.975 bits per heavy atom. The molecule has 220 valence electrons. The van der Waals surface area contributed by atoms with Crippen molar-refractivity contribution in [3.63, 3.8) is 0 Å². The molecule has 1 amide bonds. The van der Waals surface area contributed by atoms with E-state index in [-0.39, 0.29) is 34.2 Å². The summed E-state index contributed by atoms with van der Waals surface area (Å²) in [4.78, 5) is 15.7. The Kier molecular flexibility index (Phi) is 9.01. The minimum absolute atomic E-state index is 0.0662. The predicted molar refractivity (Wildman–Crippen MR) is 140 cm³/mol. The van der Waals surface area contributed by atoms with E-state index in [9.17, 15) is 48.7 Å². The first-order valence-corrected chi connectivity index (χ1v) is 16.1. The predicted octanol–water partition coefficient (Wildman–Crippen LogP) is 9.42. The molecular formula is C26H21ClF10INO. The molecule has 0 bridgehead atoms. The van der Waals surface area contributed by atoms with Gasteiger partial charge in [-0.2, -0.15) is 0 Å². The molecule has 1 saturated carbocycles. The maximum atomic E-state index is 14.5. The van der Waals surface area contributed by atoms with Crippen LogP contribution >= 0.6 is 31.4 Å². The maximum absolute atomic E-state index is 14.5. The number of hydrogen-bond acceptors (Lipinski definition) is 1. The van der Waals surface area contributed by atoms with Crippen molar-refractivity contribution in [2.24, 2.45) is 0 Å². The minimum atomic E-state index is -6.56. The number of benzene rings is 2. The van der Waals surface area contributed by atoms with E-state index >= 15 is 0 Å². The van der Waals surface area contributed by atoms with Crippen molar-refractivity contribution in [2.45, 2.75) is 43.1 Å². The number of alkyl halides is 11. The summed E-state index contributed by atoms with van der Waals surface area (Å²) >= 11 is 3.03. The Morgan fingerprint density at radius 3 is 2.02 bits per heavy atom. The Labute approximate surface area is 235 Å². The first-order valence-electron chi connectivity index (χ1n) is 11.3. The van der Waals surface area contributed by atoms with Gasteiger partial charge in [0.15, 0.2) is 0 Å². The molecule has 2 aromatic carbocycles. The molecule has 40 heavy (non-hydrogen) atoms. The third-order valence-corrected chi connectivity index (χ3v) is 10.9. The van der Waals surface area contributed by atoms with Crippen molar-refractivity contribution < 1.29 is 48.7 Å². The van der Waals surface area contributed by atoms with Crippen molar-refractivity contribution in [1.29, 1.82) is 0 Å². The molecule has 0 aliphatic heterocycles. The molecule has 1 fully saturated rings. The third-order valence-electron chi connectivity index (χ3n) is 6.22. The molecule has 14 heteroatoms. The quantitative estimate of drug-likeness (QED) is 0.121. The van der Waals surface area contributed by atoms with Gasteiger partial charge < -0.3 is 0 Å². The summed E-state index contributed by atoms with van der Waals surface area (Å²) in [5.41, 5.74) is -9.26. The Morgan fingerprint density at radius 2 is 1.55 bits per heavy atom. The Balaban J connectivity index is 2.09. The van der Waals surface area contributed by atoms with Crippen LogP contribution in [0, 0.1) is 3.57 Å². The van der Waals surface area contributed by atoms with Gasteiger partial charge in [-0.05, 0) is 0 Å². The monoisotopic (exact) mass is 715 g/mol. The van der Waals surface area contributed by atoms with Crippen LogP contribution < -0.4 is 0 Å². The molecule has 0 radical (unpaired) electrons. The topological polar surface area (TPSA) is 20.3 Å². The van der Waals surface area contributed by atoms with Crippen LogP contribution in [0.5, 0.6) is 0 Å². The molecule has 0 saturated heterocycles. The molecule has 2 nitrogen and oxygen atoms in total. The van der Waals surface area contributed by atoms with Gasteiger partial charge in [0.05, 0.1) is 0 Å². The van der Waals surface area contributed by atoms with E-state index in [1.807, 2.05) is 0 Å². The van der Waals surface area contributed by atoms with Gasteiger partial charge in [0, 0.05) is 0 Å². The summed E-state index contributed by atoms with van der Waals surface area (Å²) in [7, 11) is 1.61. The Bertz CT molecular complexity index is 1310. The average Bonchev–Trinajstić information content (AvgIpc) is 3.69. The van der Waals surface area contributed by atoms with Crippen LogP contribution in [0.2, 0.25) is 5.02 Å². The molecule has 0 aromatic heterocycles. The van der Waals surface area contributed by atoms with Crippen LogP contribution in [0.1, 0.15) is 39.9 Å². The molecule has 0 spiro atoms. The van der Waals surface area contributed by atoms with Gasteiger partial charge in [0.2, 0.25) is 0 Å². The van der Waals surface area contributed by atoms with E-state index in [4.69, 9.17) is 11.6 Å². The first-order chi connectivity index (χ1) is 18.2. The number of nitrogens with zero attached hydrogens (tertiary/aromatic N) is 1. The Hall–Kier alpha value is -2.29. The third kappa shape index (κ3) is 6.29. The summed E-state index contributed by atoms with van der Waals surface area (Å²) in [6, 6.07) is 4.50. The van der Waals surface area contributed by atoms with E-state index in [1.54, 1.807) is 7.05 Å². The van der Waals surface area contributed by atoms with Crippen molar-refractivity contribution in [2.75, 3.05) is 12.0 Å². The van der Waals surface area contributed by atoms with E-state index in [2.05, 4.69) is 6.58 Å². The molecular weight excluding hydrogens is 695 g/mol. The van der Waals surface area contributed by atoms with Crippen molar-refractivity contribution in [3.8, 4) is 0 Å². The molecule has 3 rings (SSSR count). The number of rotatable bonds is 7. The summed E-state index contributed by atoms with van der Waals surface area (Å²) in [6.07, 6.45) is -15.6. The number of carbonyl (C=O) groups excluding carboxylic acids is 1. The molecule has 0 unspecified atom stereocenters. The fourth-order valence-electron chi connectivity index (χ4n) is 3.85. The second-order valence-electron chi connectivity index (χ2n) is 8.97. The van der Waals surface area contributed by atoms with E-state index < -0.39 is 64.8 Å². The van der Waals surface area contributed by atoms with Crippen LogP contribution in [-0.4, -0.2) is 41.2 Å². The van der Waals surface area contributed by atoms with Crippen LogP contribution in [0.25, 0.3) is 5.57 Å². The number of amides is 1. The summed E-state index contributed by atoms with van der Waals surface area (Å²) in [5.74, 6) is -0.372. The van der Waals surface area contributed by atoms with Crippen molar-refractivity contribution >= 4 is 42.9 Å². The SMILES string of the molecule is C=C/C(=C\I(C)c1ccc(C(F)(C(F)(F)F)C(F)(F)F)cc1C(F)(F)F)c1ccc(Cl)c(C(=O)N(C)C2CC2)c1.